The molecule has 7 heteroatoms. The SMILES string of the molecule is O=c1c2cnn(-c3ccccc3)c2nc(-c2cccs2)n1-c1ccc(F)cc1. The zero-order valence-corrected chi connectivity index (χ0v) is 15.3. The van der Waals surface area contributed by atoms with E-state index in [1.807, 2.05) is 47.8 Å². The maximum absolute atomic E-state index is 13.4. The highest BCUT2D eigenvalue weighted by Gasteiger charge is 2.19. The Morgan fingerprint density at radius 1 is 0.893 bits per heavy atom. The van der Waals surface area contributed by atoms with Gasteiger partial charge in [-0.1, -0.05) is 24.3 Å². The van der Waals surface area contributed by atoms with Gasteiger partial charge in [0.25, 0.3) is 5.56 Å². The van der Waals surface area contributed by atoms with Gasteiger partial charge in [-0.05, 0) is 47.8 Å². The number of nitrogens with zero attached hydrogens (tertiary/aromatic N) is 4. The van der Waals surface area contributed by atoms with Crippen molar-refractivity contribution in [1.29, 1.82) is 0 Å². The number of thiophene rings is 1. The lowest BCUT2D eigenvalue weighted by Gasteiger charge is -2.12. The third kappa shape index (κ3) is 2.64. The predicted octanol–water partition coefficient (Wildman–Crippen LogP) is 4.44. The summed E-state index contributed by atoms with van der Waals surface area (Å²) in [6.45, 7) is 0. The van der Waals surface area contributed by atoms with Crippen molar-refractivity contribution in [2.45, 2.75) is 0 Å². The number of hydrogen-bond donors (Lipinski definition) is 0. The van der Waals surface area contributed by atoms with Crippen molar-refractivity contribution in [3.63, 3.8) is 0 Å². The smallest absolute Gasteiger partial charge is 0.268 e. The predicted molar refractivity (Wildman–Crippen MR) is 108 cm³/mol. The van der Waals surface area contributed by atoms with Gasteiger partial charge in [0.05, 0.1) is 22.4 Å². The zero-order chi connectivity index (χ0) is 19.1. The molecule has 3 aromatic heterocycles. The fourth-order valence-electron chi connectivity index (χ4n) is 3.13. The summed E-state index contributed by atoms with van der Waals surface area (Å²) in [5, 5.41) is 6.70. The monoisotopic (exact) mass is 388 g/mol. The van der Waals surface area contributed by atoms with Gasteiger partial charge in [0, 0.05) is 0 Å². The van der Waals surface area contributed by atoms with E-state index in [0.717, 1.165) is 10.6 Å². The molecule has 0 saturated heterocycles. The second kappa shape index (κ2) is 6.54. The number of hydrogen-bond acceptors (Lipinski definition) is 4. The van der Waals surface area contributed by atoms with Gasteiger partial charge in [0.15, 0.2) is 11.5 Å². The van der Waals surface area contributed by atoms with Gasteiger partial charge in [-0.25, -0.2) is 14.1 Å². The molecule has 0 unspecified atom stereocenters. The standard InChI is InChI=1S/C21H13FN4OS/c22-14-8-10-15(11-9-14)25-20(18-7-4-12-28-18)24-19-17(21(25)27)13-23-26(19)16-5-2-1-3-6-16/h1-13H. The van der Waals surface area contributed by atoms with E-state index in [-0.39, 0.29) is 11.4 Å². The van der Waals surface area contributed by atoms with Crippen molar-refractivity contribution in [1.82, 2.24) is 19.3 Å². The topological polar surface area (TPSA) is 52.7 Å². The minimum Gasteiger partial charge on any atom is -0.268 e. The highest BCUT2D eigenvalue weighted by molar-refractivity contribution is 7.13. The van der Waals surface area contributed by atoms with Crippen LogP contribution in [0.15, 0.2) is 83.1 Å². The first-order valence-electron chi connectivity index (χ1n) is 8.58. The fourth-order valence-corrected chi connectivity index (χ4v) is 3.83. The molecule has 5 nitrogen and oxygen atoms in total. The van der Waals surface area contributed by atoms with Crippen molar-refractivity contribution in [3.05, 3.63) is 94.5 Å². The van der Waals surface area contributed by atoms with E-state index < -0.39 is 0 Å². The Morgan fingerprint density at radius 2 is 1.68 bits per heavy atom. The Labute approximate surface area is 163 Å². The molecule has 0 aliphatic carbocycles. The van der Waals surface area contributed by atoms with Crippen LogP contribution in [0.25, 0.3) is 33.1 Å². The second-order valence-corrected chi connectivity index (χ2v) is 7.11. The molecular formula is C21H13FN4OS. The first kappa shape index (κ1) is 16.6. The molecule has 0 N–H and O–H groups in total. The van der Waals surface area contributed by atoms with Crippen LogP contribution in [0.4, 0.5) is 4.39 Å². The first-order chi connectivity index (χ1) is 13.7. The molecule has 5 rings (SSSR count). The molecule has 0 spiro atoms. The van der Waals surface area contributed by atoms with Gasteiger partial charge < -0.3 is 0 Å². The normalized spacial score (nSPS) is 11.2. The number of benzene rings is 2. The zero-order valence-electron chi connectivity index (χ0n) is 14.5. The summed E-state index contributed by atoms with van der Waals surface area (Å²) in [5.74, 6) is 0.136. The van der Waals surface area contributed by atoms with Gasteiger partial charge in [-0.2, -0.15) is 5.10 Å². The summed E-state index contributed by atoms with van der Waals surface area (Å²) >= 11 is 1.48. The number of para-hydroxylation sites is 1. The molecule has 0 bridgehead atoms. The summed E-state index contributed by atoms with van der Waals surface area (Å²) in [7, 11) is 0. The number of rotatable bonds is 3. The molecule has 0 amide bonds. The minimum atomic E-state index is -0.361. The minimum absolute atomic E-state index is 0.248. The Hall–Kier alpha value is -3.58. The van der Waals surface area contributed by atoms with E-state index in [1.54, 1.807) is 16.8 Å². The van der Waals surface area contributed by atoms with Crippen LogP contribution in [0.1, 0.15) is 0 Å². The molecule has 0 saturated carbocycles. The molecule has 0 radical (unpaired) electrons. The van der Waals surface area contributed by atoms with Gasteiger partial charge in [0.1, 0.15) is 11.2 Å². The molecule has 0 aliphatic heterocycles. The maximum atomic E-state index is 13.4. The third-order valence-electron chi connectivity index (χ3n) is 4.43. The van der Waals surface area contributed by atoms with Gasteiger partial charge >= 0.3 is 0 Å². The molecule has 28 heavy (non-hydrogen) atoms. The molecule has 136 valence electrons. The van der Waals surface area contributed by atoms with Crippen LogP contribution in [0.3, 0.4) is 0 Å². The second-order valence-electron chi connectivity index (χ2n) is 6.16. The summed E-state index contributed by atoms with van der Waals surface area (Å²) in [6.07, 6.45) is 1.52. The van der Waals surface area contributed by atoms with E-state index in [0.29, 0.717) is 22.5 Å². The number of halogens is 1. The largest absolute Gasteiger partial charge is 0.269 e. The Balaban J connectivity index is 1.85. The Kier molecular flexibility index (Phi) is 3.87. The molecule has 0 aliphatic rings. The lowest BCUT2D eigenvalue weighted by Crippen LogP contribution is -2.21. The van der Waals surface area contributed by atoms with E-state index in [1.165, 1.54) is 34.2 Å². The Morgan fingerprint density at radius 3 is 2.39 bits per heavy atom. The maximum Gasteiger partial charge on any atom is 0.269 e. The van der Waals surface area contributed by atoms with Crippen LogP contribution < -0.4 is 5.56 Å². The van der Waals surface area contributed by atoms with Crippen molar-refractivity contribution in [3.8, 4) is 22.1 Å². The van der Waals surface area contributed by atoms with Crippen LogP contribution in [-0.4, -0.2) is 19.3 Å². The molecule has 2 aromatic carbocycles. The summed E-state index contributed by atoms with van der Waals surface area (Å²) in [5.41, 5.74) is 1.61. The van der Waals surface area contributed by atoms with Crippen molar-refractivity contribution in [2.24, 2.45) is 0 Å². The van der Waals surface area contributed by atoms with Gasteiger partial charge in [0.2, 0.25) is 0 Å². The van der Waals surface area contributed by atoms with E-state index >= 15 is 0 Å². The third-order valence-corrected chi connectivity index (χ3v) is 5.29. The highest BCUT2D eigenvalue weighted by Crippen LogP contribution is 2.26. The Bertz CT molecular complexity index is 1320. The van der Waals surface area contributed by atoms with Crippen LogP contribution in [0.2, 0.25) is 0 Å². The quantitative estimate of drug-likeness (QED) is 0.459. The lowest BCUT2D eigenvalue weighted by molar-refractivity contribution is 0.627. The van der Waals surface area contributed by atoms with Crippen LogP contribution in [0, 0.1) is 5.82 Å². The van der Waals surface area contributed by atoms with Crippen molar-refractivity contribution in [2.75, 3.05) is 0 Å². The summed E-state index contributed by atoms with van der Waals surface area (Å²) in [4.78, 5) is 19.0. The molecule has 3 heterocycles. The first-order valence-corrected chi connectivity index (χ1v) is 9.46. The average Bonchev–Trinajstić information content (AvgIpc) is 3.39. The van der Waals surface area contributed by atoms with Crippen LogP contribution in [0.5, 0.6) is 0 Å². The fraction of sp³-hybridized carbons (Fsp3) is 0. The summed E-state index contributed by atoms with van der Waals surface area (Å²) in [6, 6.07) is 19.2. The molecule has 0 atom stereocenters. The summed E-state index contributed by atoms with van der Waals surface area (Å²) < 4.78 is 16.6. The van der Waals surface area contributed by atoms with Gasteiger partial charge in [-0.15, -0.1) is 11.3 Å². The molecule has 5 aromatic rings. The number of fused-ring (bicyclic) bond motifs is 1. The van der Waals surface area contributed by atoms with Crippen molar-refractivity contribution < 1.29 is 4.39 Å². The number of aromatic nitrogens is 4. The van der Waals surface area contributed by atoms with Crippen LogP contribution >= 0.6 is 11.3 Å². The van der Waals surface area contributed by atoms with Gasteiger partial charge in [-0.3, -0.25) is 9.36 Å². The van der Waals surface area contributed by atoms with E-state index in [9.17, 15) is 9.18 Å². The van der Waals surface area contributed by atoms with Crippen molar-refractivity contribution >= 4 is 22.4 Å². The van der Waals surface area contributed by atoms with E-state index in [4.69, 9.17) is 4.98 Å². The molecule has 0 fully saturated rings. The average molecular weight is 388 g/mol. The molecular weight excluding hydrogens is 375 g/mol. The highest BCUT2D eigenvalue weighted by atomic mass is 32.1. The van der Waals surface area contributed by atoms with E-state index in [2.05, 4.69) is 5.10 Å². The van der Waals surface area contributed by atoms with Crippen LogP contribution in [-0.2, 0) is 0 Å². The lowest BCUT2D eigenvalue weighted by atomic mass is 10.2.